The summed E-state index contributed by atoms with van der Waals surface area (Å²) >= 11 is 0. The van der Waals surface area contributed by atoms with Crippen LogP contribution in [-0.2, 0) is 9.59 Å². The van der Waals surface area contributed by atoms with Crippen LogP contribution >= 0.6 is 0 Å². The third-order valence-electron chi connectivity index (χ3n) is 3.21. The van der Waals surface area contributed by atoms with Gasteiger partial charge in [-0.2, -0.15) is 0 Å². The summed E-state index contributed by atoms with van der Waals surface area (Å²) in [5, 5.41) is 11.4. The number of carboxylic acid groups (broad SMARTS) is 1. The molecule has 23 heavy (non-hydrogen) atoms. The molecule has 126 valence electrons. The van der Waals surface area contributed by atoms with E-state index >= 15 is 0 Å². The molecule has 1 aromatic carbocycles. The Labute approximate surface area is 134 Å². The van der Waals surface area contributed by atoms with Gasteiger partial charge >= 0.3 is 5.97 Å². The van der Waals surface area contributed by atoms with E-state index in [0.717, 1.165) is 0 Å². The van der Waals surface area contributed by atoms with Gasteiger partial charge in [0, 0.05) is 24.6 Å². The van der Waals surface area contributed by atoms with Gasteiger partial charge in [-0.1, -0.05) is 0 Å². The largest absolute Gasteiger partial charge is 0.480 e. The molecule has 0 aliphatic heterocycles. The summed E-state index contributed by atoms with van der Waals surface area (Å²) in [5.41, 5.74) is 0.340. The van der Waals surface area contributed by atoms with Crippen molar-refractivity contribution < 1.29 is 23.9 Å². The fourth-order valence-corrected chi connectivity index (χ4v) is 1.99. The molecule has 0 aromatic heterocycles. The average molecular weight is 324 g/mol. The first-order chi connectivity index (χ1) is 10.8. The van der Waals surface area contributed by atoms with Gasteiger partial charge in [0.15, 0.2) is 0 Å². The summed E-state index contributed by atoms with van der Waals surface area (Å²) in [7, 11) is 0. The highest BCUT2D eigenvalue weighted by Gasteiger charge is 2.19. The van der Waals surface area contributed by atoms with Crippen molar-refractivity contribution in [1.29, 1.82) is 0 Å². The van der Waals surface area contributed by atoms with E-state index in [-0.39, 0.29) is 37.4 Å². The van der Waals surface area contributed by atoms with Gasteiger partial charge < -0.3 is 15.3 Å². The molecule has 0 fully saturated rings. The molecule has 1 rings (SSSR count). The lowest BCUT2D eigenvalue weighted by atomic mass is 10.2. The first kappa shape index (κ1) is 18.6. The Hall–Kier alpha value is -2.44. The molecule has 0 radical (unpaired) electrons. The molecule has 0 saturated heterocycles. The van der Waals surface area contributed by atoms with Crippen molar-refractivity contribution in [2.24, 2.45) is 0 Å². The van der Waals surface area contributed by atoms with Crippen molar-refractivity contribution in [1.82, 2.24) is 10.2 Å². The van der Waals surface area contributed by atoms with Crippen LogP contribution in [0.2, 0.25) is 0 Å². The van der Waals surface area contributed by atoms with Gasteiger partial charge in [0.25, 0.3) is 5.91 Å². The number of amides is 2. The lowest BCUT2D eigenvalue weighted by Gasteiger charge is -2.24. The number of nitrogens with zero attached hydrogens (tertiary/aromatic N) is 1. The molecule has 2 N–H and O–H groups in total. The Morgan fingerprint density at radius 2 is 1.83 bits per heavy atom. The predicted molar refractivity (Wildman–Crippen MR) is 82.5 cm³/mol. The number of hydrogen-bond acceptors (Lipinski definition) is 3. The minimum Gasteiger partial charge on any atom is -0.480 e. The molecule has 1 aromatic rings. The molecular formula is C16H21FN2O4. The number of nitrogens with one attached hydrogen (secondary N) is 1. The molecule has 0 aliphatic rings. The maximum atomic E-state index is 12.8. The highest BCUT2D eigenvalue weighted by atomic mass is 19.1. The smallest absolute Gasteiger partial charge is 0.323 e. The summed E-state index contributed by atoms with van der Waals surface area (Å²) in [6.07, 6.45) is 0.545. The van der Waals surface area contributed by atoms with E-state index in [1.807, 2.05) is 0 Å². The summed E-state index contributed by atoms with van der Waals surface area (Å²) in [4.78, 5) is 35.8. The van der Waals surface area contributed by atoms with E-state index in [1.54, 1.807) is 13.8 Å². The first-order valence-corrected chi connectivity index (χ1v) is 7.36. The van der Waals surface area contributed by atoms with Crippen molar-refractivity contribution in [2.45, 2.75) is 32.7 Å². The van der Waals surface area contributed by atoms with Crippen molar-refractivity contribution in [2.75, 3.05) is 13.1 Å². The Bertz CT molecular complexity index is 558. The summed E-state index contributed by atoms with van der Waals surface area (Å²) in [6.45, 7) is 3.44. The Morgan fingerprint density at radius 3 is 2.35 bits per heavy atom. The lowest BCUT2D eigenvalue weighted by molar-refractivity contribution is -0.145. The van der Waals surface area contributed by atoms with Gasteiger partial charge in [-0.3, -0.25) is 14.4 Å². The van der Waals surface area contributed by atoms with Crippen LogP contribution in [0.3, 0.4) is 0 Å². The molecule has 7 heteroatoms. The van der Waals surface area contributed by atoms with Crippen LogP contribution < -0.4 is 5.32 Å². The number of carbonyl (C=O) groups excluding carboxylic acids is 2. The van der Waals surface area contributed by atoms with E-state index in [1.165, 1.54) is 29.2 Å². The van der Waals surface area contributed by atoms with Crippen molar-refractivity contribution in [3.05, 3.63) is 35.6 Å². The van der Waals surface area contributed by atoms with Crippen LogP contribution in [0.5, 0.6) is 0 Å². The van der Waals surface area contributed by atoms with Gasteiger partial charge in [0.1, 0.15) is 12.4 Å². The summed E-state index contributed by atoms with van der Waals surface area (Å²) < 4.78 is 12.8. The second-order valence-corrected chi connectivity index (χ2v) is 5.38. The predicted octanol–water partition coefficient (Wildman–Crippen LogP) is 1.66. The fraction of sp³-hybridized carbons (Fsp3) is 0.438. The fourth-order valence-electron chi connectivity index (χ4n) is 1.99. The maximum absolute atomic E-state index is 12.8. The van der Waals surface area contributed by atoms with E-state index < -0.39 is 11.8 Å². The number of carbonyl (C=O) groups is 3. The van der Waals surface area contributed by atoms with E-state index in [9.17, 15) is 18.8 Å². The first-order valence-electron chi connectivity index (χ1n) is 7.36. The zero-order valence-electron chi connectivity index (χ0n) is 13.2. The van der Waals surface area contributed by atoms with Gasteiger partial charge in [-0.15, -0.1) is 0 Å². The zero-order chi connectivity index (χ0) is 17.4. The van der Waals surface area contributed by atoms with Crippen molar-refractivity contribution in [3.8, 4) is 0 Å². The maximum Gasteiger partial charge on any atom is 0.323 e. The van der Waals surface area contributed by atoms with Crippen LogP contribution in [-0.4, -0.2) is 46.9 Å². The van der Waals surface area contributed by atoms with Crippen LogP contribution in [0.15, 0.2) is 24.3 Å². The zero-order valence-corrected chi connectivity index (χ0v) is 13.2. The van der Waals surface area contributed by atoms with Crippen LogP contribution in [0, 0.1) is 5.82 Å². The number of hydrogen-bond donors (Lipinski definition) is 2. The minimum atomic E-state index is -1.06. The molecule has 0 bridgehead atoms. The minimum absolute atomic E-state index is 0.148. The number of benzene rings is 1. The molecular weight excluding hydrogens is 303 g/mol. The normalized spacial score (nSPS) is 10.4. The molecule has 0 unspecified atom stereocenters. The third-order valence-corrected chi connectivity index (χ3v) is 3.21. The van der Waals surface area contributed by atoms with Crippen LogP contribution in [0.25, 0.3) is 0 Å². The highest BCUT2D eigenvalue weighted by Crippen LogP contribution is 2.05. The topological polar surface area (TPSA) is 86.7 Å². The molecule has 0 spiro atoms. The average Bonchev–Trinajstić information content (AvgIpc) is 2.49. The van der Waals surface area contributed by atoms with Crippen molar-refractivity contribution >= 4 is 17.8 Å². The standard InChI is InChI=1S/C16H21FN2O4/c1-11(2)19(10-15(21)22)14(20)4-3-9-18-16(23)12-5-7-13(17)8-6-12/h5-8,11H,3-4,9-10H2,1-2H3,(H,18,23)(H,21,22). The van der Waals surface area contributed by atoms with Crippen LogP contribution in [0.4, 0.5) is 4.39 Å². The van der Waals surface area contributed by atoms with Crippen LogP contribution in [0.1, 0.15) is 37.0 Å². The van der Waals surface area contributed by atoms with E-state index in [0.29, 0.717) is 12.0 Å². The molecule has 0 atom stereocenters. The van der Waals surface area contributed by atoms with Gasteiger partial charge in [-0.25, -0.2) is 4.39 Å². The Kier molecular flexibility index (Phi) is 7.18. The highest BCUT2D eigenvalue weighted by molar-refractivity contribution is 5.94. The van der Waals surface area contributed by atoms with Crippen molar-refractivity contribution in [3.63, 3.8) is 0 Å². The number of aliphatic carboxylic acids is 1. The number of carboxylic acids is 1. The van der Waals surface area contributed by atoms with E-state index in [2.05, 4.69) is 5.32 Å². The van der Waals surface area contributed by atoms with Gasteiger partial charge in [0.05, 0.1) is 0 Å². The SMILES string of the molecule is CC(C)N(CC(=O)O)C(=O)CCCNC(=O)c1ccc(F)cc1. The lowest BCUT2D eigenvalue weighted by Crippen LogP contribution is -2.40. The quantitative estimate of drug-likeness (QED) is 0.712. The molecule has 0 heterocycles. The summed E-state index contributed by atoms with van der Waals surface area (Å²) in [5.74, 6) is -2.09. The molecule has 0 saturated carbocycles. The molecule has 2 amide bonds. The molecule has 6 nitrogen and oxygen atoms in total. The number of halogens is 1. The van der Waals surface area contributed by atoms with E-state index in [4.69, 9.17) is 5.11 Å². The monoisotopic (exact) mass is 324 g/mol. The van der Waals surface area contributed by atoms with Gasteiger partial charge in [0.2, 0.25) is 5.91 Å². The molecule has 0 aliphatic carbocycles. The Balaban J connectivity index is 2.38. The Morgan fingerprint density at radius 1 is 1.22 bits per heavy atom. The second kappa shape index (κ2) is 8.87. The van der Waals surface area contributed by atoms with Gasteiger partial charge in [-0.05, 0) is 44.5 Å². The number of rotatable bonds is 8. The third kappa shape index (κ3) is 6.46. The second-order valence-electron chi connectivity index (χ2n) is 5.38. The summed E-state index contributed by atoms with van der Waals surface area (Å²) in [6, 6.07) is 4.95.